The Morgan fingerprint density at radius 1 is 0.734 bits per heavy atom. The zero-order valence-electron chi connectivity index (χ0n) is 35.1. The number of thiazole rings is 2. The number of allylic oxidation sites excluding steroid dienone is 2. The average Bonchev–Trinajstić information content (AvgIpc) is 3.89. The minimum Gasteiger partial charge on any atom is -0.456 e. The molecule has 0 aromatic carbocycles. The van der Waals surface area contributed by atoms with E-state index >= 15 is 0 Å². The van der Waals surface area contributed by atoms with Gasteiger partial charge in [0.05, 0.1) is 27.9 Å². The number of nitrogens with zero attached hydrogens (tertiary/aromatic N) is 4. The van der Waals surface area contributed by atoms with Gasteiger partial charge in [-0.3, -0.25) is 33.8 Å². The van der Waals surface area contributed by atoms with Crippen molar-refractivity contribution in [3.63, 3.8) is 0 Å². The van der Waals surface area contributed by atoms with E-state index in [0.717, 1.165) is 44.2 Å². The molecule has 0 aliphatic carbocycles. The molecule has 6 heterocycles. The summed E-state index contributed by atoms with van der Waals surface area (Å²) in [7, 11) is 0. The summed E-state index contributed by atoms with van der Waals surface area (Å²) in [6, 6.07) is -2.16. The highest BCUT2D eigenvalue weighted by atomic mass is 32.2. The molecule has 2 aromatic heterocycles. The second-order valence-electron chi connectivity index (χ2n) is 15.2. The monoisotopic (exact) mass is 959 g/mol. The fourth-order valence-corrected chi connectivity index (χ4v) is 10.4. The number of β-lactam (4-membered cyclic amide) rings is 2. The van der Waals surface area contributed by atoms with Gasteiger partial charge in [-0.1, -0.05) is 26.0 Å². The van der Waals surface area contributed by atoms with E-state index in [9.17, 15) is 38.4 Å². The molecule has 2 aromatic rings. The first-order valence-electron chi connectivity index (χ1n) is 19.6. The van der Waals surface area contributed by atoms with E-state index in [-0.39, 0.29) is 55.5 Å². The van der Waals surface area contributed by atoms with Gasteiger partial charge in [-0.05, 0) is 33.6 Å². The van der Waals surface area contributed by atoms with Crippen molar-refractivity contribution in [2.75, 3.05) is 43.0 Å². The number of nitrogen functional groups attached to an aromatic ring is 2. The van der Waals surface area contributed by atoms with Crippen molar-refractivity contribution in [1.82, 2.24) is 30.4 Å². The SMILES string of the molecule is CC/C=C(\C(=O)N[C@H]1C(=O)N2C(C(=O)OCC3=C(C(=O)OCOC(=O)C(C)(C)C)N4C(=O)[C@H](NC(=O)/C(=C\CC)c5csc(N)n5)[C@@H]4SC3)=C(COC(N)=O)CS[C@@H]12)c1csc(N)n1. The summed E-state index contributed by atoms with van der Waals surface area (Å²) in [6.07, 6.45) is 3.11. The van der Waals surface area contributed by atoms with Crippen molar-refractivity contribution >= 4 is 115 Å². The summed E-state index contributed by atoms with van der Waals surface area (Å²) in [5, 5.41) is 7.61. The topological polar surface area (TPSA) is 308 Å². The molecule has 342 valence electrons. The molecule has 0 bridgehead atoms. The van der Waals surface area contributed by atoms with E-state index in [0.29, 0.717) is 24.2 Å². The summed E-state index contributed by atoms with van der Waals surface area (Å²) in [5.41, 5.74) is 16.7. The Bertz CT molecular complexity index is 2400. The summed E-state index contributed by atoms with van der Waals surface area (Å²) < 4.78 is 21.2. The zero-order chi connectivity index (χ0) is 46.6. The van der Waals surface area contributed by atoms with Gasteiger partial charge in [0.15, 0.2) is 10.3 Å². The molecule has 2 saturated heterocycles. The third-order valence-electron chi connectivity index (χ3n) is 9.71. The second kappa shape index (κ2) is 19.9. The van der Waals surface area contributed by atoms with Crippen molar-refractivity contribution in [3.8, 4) is 0 Å². The number of hydrogen-bond acceptors (Lipinski definition) is 20. The van der Waals surface area contributed by atoms with Crippen molar-refractivity contribution in [2.24, 2.45) is 11.1 Å². The molecule has 6 rings (SSSR count). The van der Waals surface area contributed by atoms with Gasteiger partial charge in [-0.15, -0.1) is 46.2 Å². The molecule has 0 spiro atoms. The normalized spacial score (nSPS) is 21.0. The average molecular weight is 960 g/mol. The lowest BCUT2D eigenvalue weighted by Gasteiger charge is -2.50. The summed E-state index contributed by atoms with van der Waals surface area (Å²) >= 11 is 4.65. The number of ether oxygens (including phenoxy) is 4. The van der Waals surface area contributed by atoms with Gasteiger partial charge in [-0.25, -0.2) is 24.4 Å². The van der Waals surface area contributed by atoms with Crippen molar-refractivity contribution < 1.29 is 57.3 Å². The third-order valence-corrected chi connectivity index (χ3v) is 13.7. The summed E-state index contributed by atoms with van der Waals surface area (Å²) in [5.74, 6) is -5.28. The molecule has 21 nitrogen and oxygen atoms in total. The molecule has 4 aliphatic rings. The number of esters is 3. The molecular weight excluding hydrogens is 915 g/mol. The highest BCUT2D eigenvalue weighted by Gasteiger charge is 2.56. The van der Waals surface area contributed by atoms with Gasteiger partial charge < -0.3 is 46.8 Å². The van der Waals surface area contributed by atoms with Crippen LogP contribution in [0.3, 0.4) is 0 Å². The number of aromatic nitrogens is 2. The van der Waals surface area contributed by atoms with Crippen molar-refractivity contribution in [1.29, 1.82) is 0 Å². The van der Waals surface area contributed by atoms with Crippen LogP contribution in [0.4, 0.5) is 15.1 Å². The summed E-state index contributed by atoms with van der Waals surface area (Å²) in [6.45, 7) is 6.59. The highest BCUT2D eigenvalue weighted by Crippen LogP contribution is 2.43. The van der Waals surface area contributed by atoms with Crippen LogP contribution < -0.4 is 27.8 Å². The number of rotatable bonds is 16. The number of carbonyl (C=O) groups excluding carboxylic acids is 8. The Labute approximate surface area is 382 Å². The predicted octanol–water partition coefficient (Wildman–Crippen LogP) is 2.09. The molecule has 0 radical (unpaired) electrons. The quantitative estimate of drug-likeness (QED) is 0.0529. The molecular formula is C39H45N9O12S4. The smallest absolute Gasteiger partial charge is 0.404 e. The van der Waals surface area contributed by atoms with Crippen LogP contribution in [0.1, 0.15) is 58.8 Å². The van der Waals surface area contributed by atoms with Crippen LogP contribution in [-0.2, 0) is 52.5 Å². The maximum atomic E-state index is 14.1. The van der Waals surface area contributed by atoms with E-state index in [1.807, 2.05) is 13.8 Å². The largest absolute Gasteiger partial charge is 0.456 e. The van der Waals surface area contributed by atoms with Gasteiger partial charge in [0.1, 0.15) is 47.4 Å². The van der Waals surface area contributed by atoms with Gasteiger partial charge in [-0.2, -0.15) is 0 Å². The zero-order valence-corrected chi connectivity index (χ0v) is 38.4. The minimum atomic E-state index is -1.14. The second-order valence-corrected chi connectivity index (χ2v) is 19.2. The van der Waals surface area contributed by atoms with Crippen molar-refractivity contribution in [2.45, 2.75) is 70.3 Å². The third kappa shape index (κ3) is 10.1. The van der Waals surface area contributed by atoms with Gasteiger partial charge >= 0.3 is 24.0 Å². The van der Waals surface area contributed by atoms with Gasteiger partial charge in [0.2, 0.25) is 6.79 Å². The standard InChI is InChI=1S/C39H45N9O12S4/c1-6-8-19(21-14-63-36(40)43-21)27(49)45-23-29(51)47-25(18(11-58-38(42)56)13-62-31(23)47)33(53)57-10-17-12-61-32-24(46-28(50)20(9-7-2)22-15-64-37(41)44-22)30(52)48(32)26(17)34(54)59-16-60-35(55)39(3,4)5/h8-9,14-15,23-24,31-32H,6-7,10-13,16H2,1-5H3,(H2,40,43)(H2,41,44)(H2,42,56)(H,45,49)(H,46,50)/b19-8-,20-9-/t23-,24-,31-,32-/m0/s1. The maximum absolute atomic E-state index is 14.1. The fraction of sp³-hybridized carbons (Fsp3) is 0.436. The van der Waals surface area contributed by atoms with Crippen molar-refractivity contribution in [3.05, 3.63) is 56.8 Å². The Kier molecular flexibility index (Phi) is 14.8. The fourth-order valence-electron chi connectivity index (χ4n) is 6.66. The maximum Gasteiger partial charge on any atom is 0.404 e. The van der Waals surface area contributed by atoms with E-state index < -0.39 is 95.9 Å². The lowest BCUT2D eigenvalue weighted by Crippen LogP contribution is -2.71. The van der Waals surface area contributed by atoms with Gasteiger partial charge in [0.25, 0.3) is 23.6 Å². The number of primary amides is 1. The lowest BCUT2D eigenvalue weighted by atomic mass is 9.98. The number of thioether (sulfide) groups is 2. The molecule has 8 N–H and O–H groups in total. The Morgan fingerprint density at radius 3 is 1.56 bits per heavy atom. The molecule has 25 heteroatoms. The van der Waals surface area contributed by atoms with E-state index in [4.69, 9.17) is 36.1 Å². The number of nitrogens with two attached hydrogens (primary N) is 3. The first kappa shape index (κ1) is 47.6. The van der Waals surface area contributed by atoms with Gasteiger partial charge in [0, 0.05) is 33.4 Å². The number of nitrogens with one attached hydrogen (secondary N) is 2. The van der Waals surface area contributed by atoms with Crippen LogP contribution in [0.5, 0.6) is 0 Å². The number of anilines is 2. The summed E-state index contributed by atoms with van der Waals surface area (Å²) in [4.78, 5) is 117. The predicted molar refractivity (Wildman–Crippen MR) is 237 cm³/mol. The number of hydrogen-bond donors (Lipinski definition) is 5. The van der Waals surface area contributed by atoms with Crippen LogP contribution in [0.15, 0.2) is 45.5 Å². The molecule has 0 unspecified atom stereocenters. The minimum absolute atomic E-state index is 0.00918. The van der Waals surface area contributed by atoms with Crippen LogP contribution in [0, 0.1) is 5.41 Å². The van der Waals surface area contributed by atoms with Crippen LogP contribution in [-0.4, -0.2) is 122 Å². The first-order chi connectivity index (χ1) is 30.4. The highest BCUT2D eigenvalue weighted by molar-refractivity contribution is 8.00. The number of fused-ring (bicyclic) bond motifs is 2. The molecule has 2 fully saturated rings. The van der Waals surface area contributed by atoms with Crippen LogP contribution >= 0.6 is 46.2 Å². The Balaban J connectivity index is 1.22. The van der Waals surface area contributed by atoms with E-state index in [1.54, 1.807) is 43.7 Å². The lowest BCUT2D eigenvalue weighted by molar-refractivity contribution is -0.173. The molecule has 5 amide bonds. The first-order valence-corrected chi connectivity index (χ1v) is 23.4. The number of carbonyl (C=O) groups is 8. The molecule has 4 atom stereocenters. The number of amides is 5. The van der Waals surface area contributed by atoms with E-state index in [2.05, 4.69) is 20.6 Å². The van der Waals surface area contributed by atoms with Crippen LogP contribution in [0.2, 0.25) is 0 Å². The molecule has 4 aliphatic heterocycles. The van der Waals surface area contributed by atoms with Crippen LogP contribution in [0.25, 0.3) is 11.1 Å². The molecule has 64 heavy (non-hydrogen) atoms. The molecule has 0 saturated carbocycles. The Hall–Kier alpha value is -5.92. The van der Waals surface area contributed by atoms with E-state index in [1.165, 1.54) is 11.8 Å². The Morgan fingerprint density at radius 2 is 1.17 bits per heavy atom.